The molecule has 30 heavy (non-hydrogen) atoms. The number of carbonyl (C=O) groups excluding carboxylic acids is 1. The van der Waals surface area contributed by atoms with Crippen LogP contribution in [-0.2, 0) is 24.4 Å². The number of rotatable bonds is 10. The van der Waals surface area contributed by atoms with Crippen molar-refractivity contribution < 1.29 is 9.53 Å². The third-order valence-corrected chi connectivity index (χ3v) is 4.99. The minimum Gasteiger partial charge on any atom is -0.497 e. The molecule has 0 unspecified atom stereocenters. The van der Waals surface area contributed by atoms with Crippen molar-refractivity contribution in [1.82, 2.24) is 14.8 Å². The van der Waals surface area contributed by atoms with Crippen molar-refractivity contribution in [3.05, 3.63) is 89.7 Å². The SMILES string of the molecule is COc1cccc(Cn2cccc2CN(Cc2ccccc2)C(=O)CNC(C)C)c1. The molecule has 3 rings (SSSR count). The molecule has 0 aliphatic carbocycles. The fourth-order valence-corrected chi connectivity index (χ4v) is 3.35. The first kappa shape index (κ1) is 21.7. The van der Waals surface area contributed by atoms with Crippen LogP contribution in [0.3, 0.4) is 0 Å². The third-order valence-electron chi connectivity index (χ3n) is 4.99. The van der Waals surface area contributed by atoms with Crippen LogP contribution in [0.15, 0.2) is 72.9 Å². The van der Waals surface area contributed by atoms with E-state index >= 15 is 0 Å². The van der Waals surface area contributed by atoms with E-state index in [2.05, 4.69) is 40.3 Å². The lowest BCUT2D eigenvalue weighted by atomic mass is 10.2. The lowest BCUT2D eigenvalue weighted by Gasteiger charge is -2.25. The summed E-state index contributed by atoms with van der Waals surface area (Å²) in [7, 11) is 1.68. The normalized spacial score (nSPS) is 10.9. The van der Waals surface area contributed by atoms with E-state index in [0.29, 0.717) is 19.6 Å². The van der Waals surface area contributed by atoms with Crippen molar-refractivity contribution >= 4 is 5.91 Å². The van der Waals surface area contributed by atoms with Gasteiger partial charge in [0, 0.05) is 31.0 Å². The van der Waals surface area contributed by atoms with Gasteiger partial charge in [-0.25, -0.2) is 0 Å². The molecule has 2 aromatic carbocycles. The van der Waals surface area contributed by atoms with Gasteiger partial charge in [-0.05, 0) is 35.4 Å². The number of nitrogens with one attached hydrogen (secondary N) is 1. The van der Waals surface area contributed by atoms with E-state index in [9.17, 15) is 4.79 Å². The predicted molar refractivity (Wildman–Crippen MR) is 120 cm³/mol. The molecule has 0 saturated heterocycles. The van der Waals surface area contributed by atoms with Gasteiger partial charge in [-0.15, -0.1) is 0 Å². The maximum atomic E-state index is 13.0. The molecule has 5 nitrogen and oxygen atoms in total. The van der Waals surface area contributed by atoms with E-state index < -0.39 is 0 Å². The summed E-state index contributed by atoms with van der Waals surface area (Å²) in [5.74, 6) is 0.948. The second-order valence-electron chi connectivity index (χ2n) is 7.75. The highest BCUT2D eigenvalue weighted by Crippen LogP contribution is 2.17. The lowest BCUT2D eigenvalue weighted by Crippen LogP contribution is -2.39. The Balaban J connectivity index is 1.76. The number of amides is 1. The van der Waals surface area contributed by atoms with Gasteiger partial charge in [0.25, 0.3) is 0 Å². The molecule has 0 fully saturated rings. The predicted octanol–water partition coefficient (Wildman–Crippen LogP) is 4.07. The van der Waals surface area contributed by atoms with Crippen molar-refractivity contribution in [2.75, 3.05) is 13.7 Å². The van der Waals surface area contributed by atoms with Gasteiger partial charge < -0.3 is 19.5 Å². The van der Waals surface area contributed by atoms with Crippen LogP contribution in [0.5, 0.6) is 5.75 Å². The van der Waals surface area contributed by atoms with E-state index in [1.165, 1.54) is 0 Å². The molecule has 0 radical (unpaired) electrons. The monoisotopic (exact) mass is 405 g/mol. The van der Waals surface area contributed by atoms with Crippen molar-refractivity contribution in [3.8, 4) is 5.75 Å². The smallest absolute Gasteiger partial charge is 0.237 e. The van der Waals surface area contributed by atoms with E-state index in [4.69, 9.17) is 4.74 Å². The number of methoxy groups -OCH3 is 1. The van der Waals surface area contributed by atoms with Crippen LogP contribution >= 0.6 is 0 Å². The van der Waals surface area contributed by atoms with Gasteiger partial charge >= 0.3 is 0 Å². The zero-order chi connectivity index (χ0) is 21.3. The van der Waals surface area contributed by atoms with Crippen LogP contribution in [0.1, 0.15) is 30.7 Å². The molecule has 1 aromatic heterocycles. The van der Waals surface area contributed by atoms with Crippen LogP contribution in [0, 0.1) is 0 Å². The highest BCUT2D eigenvalue weighted by atomic mass is 16.5. The molecule has 0 aliphatic heterocycles. The maximum absolute atomic E-state index is 13.0. The summed E-state index contributed by atoms with van der Waals surface area (Å²) >= 11 is 0. The van der Waals surface area contributed by atoms with Gasteiger partial charge in [0.2, 0.25) is 5.91 Å². The van der Waals surface area contributed by atoms with Gasteiger partial charge in [-0.2, -0.15) is 0 Å². The Hall–Kier alpha value is -3.05. The topological polar surface area (TPSA) is 46.5 Å². The van der Waals surface area contributed by atoms with Crippen LogP contribution in [0.2, 0.25) is 0 Å². The van der Waals surface area contributed by atoms with Gasteiger partial charge in [0.1, 0.15) is 5.75 Å². The number of nitrogens with zero attached hydrogens (tertiary/aromatic N) is 2. The summed E-state index contributed by atoms with van der Waals surface area (Å²) in [6.45, 7) is 6.31. The number of hydrogen-bond donors (Lipinski definition) is 1. The average Bonchev–Trinajstić information content (AvgIpc) is 3.19. The van der Waals surface area contributed by atoms with Crippen molar-refractivity contribution in [3.63, 3.8) is 0 Å². The van der Waals surface area contributed by atoms with Gasteiger partial charge in [-0.3, -0.25) is 4.79 Å². The van der Waals surface area contributed by atoms with Crippen LogP contribution < -0.4 is 10.1 Å². The molecule has 0 spiro atoms. The number of benzene rings is 2. The summed E-state index contributed by atoms with van der Waals surface area (Å²) in [4.78, 5) is 14.9. The maximum Gasteiger partial charge on any atom is 0.237 e. The van der Waals surface area contributed by atoms with E-state index in [1.807, 2.05) is 61.2 Å². The summed E-state index contributed by atoms with van der Waals surface area (Å²) in [5.41, 5.74) is 3.39. The molecule has 1 amide bonds. The second kappa shape index (κ2) is 10.6. The lowest BCUT2D eigenvalue weighted by molar-refractivity contribution is -0.131. The first-order chi connectivity index (χ1) is 14.5. The molecular weight excluding hydrogens is 374 g/mol. The Morgan fingerprint density at radius 2 is 1.77 bits per heavy atom. The van der Waals surface area contributed by atoms with E-state index in [0.717, 1.165) is 29.1 Å². The van der Waals surface area contributed by atoms with Gasteiger partial charge in [0.05, 0.1) is 20.2 Å². The van der Waals surface area contributed by atoms with Crippen molar-refractivity contribution in [2.24, 2.45) is 0 Å². The molecule has 0 atom stereocenters. The second-order valence-corrected chi connectivity index (χ2v) is 7.75. The molecule has 0 saturated carbocycles. The van der Waals surface area contributed by atoms with E-state index in [1.54, 1.807) is 7.11 Å². The highest BCUT2D eigenvalue weighted by molar-refractivity contribution is 5.78. The van der Waals surface area contributed by atoms with Crippen LogP contribution in [0.25, 0.3) is 0 Å². The summed E-state index contributed by atoms with van der Waals surface area (Å²) in [6.07, 6.45) is 2.06. The molecule has 3 aromatic rings. The molecule has 158 valence electrons. The minimum absolute atomic E-state index is 0.0988. The first-order valence-corrected chi connectivity index (χ1v) is 10.4. The largest absolute Gasteiger partial charge is 0.497 e. The molecule has 5 heteroatoms. The Labute approximate surface area is 179 Å². The van der Waals surface area contributed by atoms with E-state index in [-0.39, 0.29) is 11.9 Å². The Morgan fingerprint density at radius 1 is 1.00 bits per heavy atom. The Kier molecular flexibility index (Phi) is 7.69. The van der Waals surface area contributed by atoms with Crippen LogP contribution in [-0.4, -0.2) is 35.1 Å². The zero-order valence-corrected chi connectivity index (χ0v) is 18.0. The molecule has 1 heterocycles. The number of ether oxygens (including phenoxy) is 1. The van der Waals surface area contributed by atoms with Gasteiger partial charge in [-0.1, -0.05) is 56.3 Å². The minimum atomic E-state index is 0.0988. The standard InChI is InChI=1S/C25H31N3O2/c1-20(2)26-16-25(29)28(17-21-9-5-4-6-10-21)19-23-12-8-14-27(23)18-22-11-7-13-24(15-22)30-3/h4-15,20,26H,16-19H2,1-3H3. The van der Waals surface area contributed by atoms with Crippen LogP contribution in [0.4, 0.5) is 0 Å². The Bertz CT molecular complexity index is 934. The Morgan fingerprint density at radius 3 is 2.50 bits per heavy atom. The molecule has 1 N–H and O–H groups in total. The molecule has 0 bridgehead atoms. The molecule has 0 aliphatic rings. The quantitative estimate of drug-likeness (QED) is 0.553. The third kappa shape index (κ3) is 6.22. The number of aromatic nitrogens is 1. The van der Waals surface area contributed by atoms with Crippen molar-refractivity contribution in [1.29, 1.82) is 0 Å². The highest BCUT2D eigenvalue weighted by Gasteiger charge is 2.16. The summed E-state index contributed by atoms with van der Waals surface area (Å²) in [6, 6.07) is 22.6. The fourth-order valence-electron chi connectivity index (χ4n) is 3.35. The summed E-state index contributed by atoms with van der Waals surface area (Å²) < 4.78 is 7.53. The number of carbonyl (C=O) groups is 1. The first-order valence-electron chi connectivity index (χ1n) is 10.4. The number of hydrogen-bond acceptors (Lipinski definition) is 3. The van der Waals surface area contributed by atoms with Gasteiger partial charge in [0.15, 0.2) is 0 Å². The fraction of sp³-hybridized carbons (Fsp3) is 0.320. The van der Waals surface area contributed by atoms with Crippen molar-refractivity contribution in [2.45, 2.75) is 39.5 Å². The average molecular weight is 406 g/mol. The zero-order valence-electron chi connectivity index (χ0n) is 18.0. The molecular formula is C25H31N3O2. The summed E-state index contributed by atoms with van der Waals surface area (Å²) in [5, 5.41) is 3.25.